The molecule has 2 unspecified atom stereocenters. The fraction of sp³-hybridized carbons (Fsp3) is 0.850. The van der Waals surface area contributed by atoms with Crippen molar-refractivity contribution in [3.05, 3.63) is 17.5 Å². The number of ether oxygens (including phenoxy) is 1. The Balaban J connectivity index is 0.000000704. The molecule has 4 fully saturated rings. The average Bonchev–Trinajstić information content (AvgIpc) is 2.91. The predicted octanol–water partition coefficient (Wildman–Crippen LogP) is 3.77. The number of aryl methyl sites for hydroxylation is 1. The average molecular weight is 332 g/mol. The van der Waals surface area contributed by atoms with Crippen LogP contribution in [0, 0.1) is 18.8 Å². The van der Waals surface area contributed by atoms with E-state index in [0.29, 0.717) is 6.04 Å². The highest BCUT2D eigenvalue weighted by molar-refractivity contribution is 5.27. The Hall–Kier alpha value is -0.870. The molecule has 0 aromatic carbocycles. The summed E-state index contributed by atoms with van der Waals surface area (Å²) in [6.45, 7) is 10.3. The molecule has 1 aromatic heterocycles. The van der Waals surface area contributed by atoms with Crippen LogP contribution in [0.2, 0.25) is 0 Å². The summed E-state index contributed by atoms with van der Waals surface area (Å²) in [6.07, 6.45) is 6.88. The van der Waals surface area contributed by atoms with Crippen molar-refractivity contribution in [3.63, 3.8) is 0 Å². The number of hydrogen-bond donors (Lipinski definition) is 0. The first-order valence-electron chi connectivity index (χ1n) is 10.2. The molecule has 0 spiro atoms. The Kier molecular flexibility index (Phi) is 4.70. The van der Waals surface area contributed by atoms with Crippen molar-refractivity contribution in [3.8, 4) is 0 Å². The van der Waals surface area contributed by atoms with E-state index in [1.54, 1.807) is 5.69 Å². The zero-order valence-electron chi connectivity index (χ0n) is 15.6. The molecular formula is C20H33N3O. The maximum atomic E-state index is 5.50. The number of aromatic nitrogens is 2. The van der Waals surface area contributed by atoms with Crippen LogP contribution in [0.3, 0.4) is 0 Å². The number of rotatable bonds is 3. The third-order valence-electron chi connectivity index (χ3n) is 6.63. The van der Waals surface area contributed by atoms with E-state index in [1.807, 2.05) is 13.8 Å². The molecule has 3 saturated carbocycles. The highest BCUT2D eigenvalue weighted by atomic mass is 16.5. The summed E-state index contributed by atoms with van der Waals surface area (Å²) in [5.74, 6) is 2.68. The van der Waals surface area contributed by atoms with Crippen molar-refractivity contribution in [1.29, 1.82) is 0 Å². The second-order valence-corrected chi connectivity index (χ2v) is 7.87. The van der Waals surface area contributed by atoms with E-state index >= 15 is 0 Å². The van der Waals surface area contributed by atoms with Crippen molar-refractivity contribution in [2.24, 2.45) is 11.8 Å². The highest BCUT2D eigenvalue weighted by Crippen LogP contribution is 2.64. The maximum absolute atomic E-state index is 5.50. The fourth-order valence-corrected chi connectivity index (χ4v) is 5.20. The van der Waals surface area contributed by atoms with Crippen LogP contribution in [0.4, 0.5) is 0 Å². The van der Waals surface area contributed by atoms with E-state index in [4.69, 9.17) is 9.84 Å². The molecule has 134 valence electrons. The lowest BCUT2D eigenvalue weighted by Crippen LogP contribution is -2.43. The van der Waals surface area contributed by atoms with Crippen LogP contribution in [0.15, 0.2) is 6.07 Å². The molecule has 4 aliphatic rings. The summed E-state index contributed by atoms with van der Waals surface area (Å²) >= 11 is 0. The molecule has 0 bridgehead atoms. The van der Waals surface area contributed by atoms with Gasteiger partial charge in [-0.3, -0.25) is 9.58 Å². The third-order valence-corrected chi connectivity index (χ3v) is 6.63. The van der Waals surface area contributed by atoms with Gasteiger partial charge in [0, 0.05) is 30.7 Å². The Morgan fingerprint density at radius 2 is 1.71 bits per heavy atom. The second-order valence-electron chi connectivity index (χ2n) is 7.87. The maximum Gasteiger partial charge on any atom is 0.0596 e. The predicted molar refractivity (Wildman–Crippen MR) is 96.3 cm³/mol. The van der Waals surface area contributed by atoms with Gasteiger partial charge in [-0.1, -0.05) is 13.8 Å². The van der Waals surface area contributed by atoms with Crippen molar-refractivity contribution in [2.45, 2.75) is 70.9 Å². The van der Waals surface area contributed by atoms with Gasteiger partial charge in [0.15, 0.2) is 0 Å². The van der Waals surface area contributed by atoms with E-state index in [1.165, 1.54) is 37.8 Å². The van der Waals surface area contributed by atoms with Gasteiger partial charge in [-0.2, -0.15) is 5.10 Å². The molecule has 4 atom stereocenters. The van der Waals surface area contributed by atoms with Crippen molar-refractivity contribution >= 4 is 0 Å². The topological polar surface area (TPSA) is 30.3 Å². The summed E-state index contributed by atoms with van der Waals surface area (Å²) in [5.41, 5.74) is 2.79. The second kappa shape index (κ2) is 6.80. The monoisotopic (exact) mass is 331 g/mol. The summed E-state index contributed by atoms with van der Waals surface area (Å²) in [7, 11) is 0. The smallest absolute Gasteiger partial charge is 0.0596 e. The van der Waals surface area contributed by atoms with E-state index in [2.05, 4.69) is 22.6 Å². The van der Waals surface area contributed by atoms with Gasteiger partial charge in [0.1, 0.15) is 0 Å². The molecule has 0 N–H and O–H groups in total. The quantitative estimate of drug-likeness (QED) is 0.845. The Labute approximate surface area is 146 Å². The number of nitrogens with zero attached hydrogens (tertiary/aromatic N) is 3. The molecule has 24 heavy (non-hydrogen) atoms. The van der Waals surface area contributed by atoms with Crippen LogP contribution in [0.5, 0.6) is 0 Å². The first kappa shape index (κ1) is 16.6. The van der Waals surface area contributed by atoms with Crippen LogP contribution in [0.1, 0.15) is 69.3 Å². The number of morpholine rings is 1. The minimum atomic E-state index is 0.708. The minimum Gasteiger partial charge on any atom is -0.379 e. The van der Waals surface area contributed by atoms with E-state index < -0.39 is 0 Å². The molecule has 0 amide bonds. The van der Waals surface area contributed by atoms with Crippen LogP contribution in [0.25, 0.3) is 0 Å². The van der Waals surface area contributed by atoms with Crippen LogP contribution >= 0.6 is 0 Å². The number of fused-ring (bicyclic) bond motifs is 1. The van der Waals surface area contributed by atoms with E-state index in [-0.39, 0.29) is 0 Å². The van der Waals surface area contributed by atoms with Gasteiger partial charge in [0.2, 0.25) is 0 Å². The Morgan fingerprint density at radius 3 is 2.29 bits per heavy atom. The summed E-state index contributed by atoms with van der Waals surface area (Å²) in [4.78, 5) is 2.68. The first-order chi connectivity index (χ1) is 11.8. The van der Waals surface area contributed by atoms with Crippen molar-refractivity contribution in [1.82, 2.24) is 14.7 Å². The molecule has 1 aliphatic heterocycles. The lowest BCUT2D eigenvalue weighted by molar-refractivity contribution is 0.0151. The molecule has 4 nitrogen and oxygen atoms in total. The van der Waals surface area contributed by atoms with E-state index in [9.17, 15) is 0 Å². The number of hydrogen-bond acceptors (Lipinski definition) is 3. The summed E-state index contributed by atoms with van der Waals surface area (Å²) < 4.78 is 7.91. The standard InChI is InChI=1S/C18H27N3O.C2H6/c1-12-9-17(21(19-12)13-3-2-4-13)18-15-10-14(11-16(15)18)20-5-7-22-8-6-20;1-2/h9,13-16,18H,2-8,10-11H2,1H3;1-2H3/t14?,15-,16+,18?;. The molecular weight excluding hydrogens is 298 g/mol. The first-order valence-corrected chi connectivity index (χ1v) is 10.2. The largest absolute Gasteiger partial charge is 0.379 e. The zero-order chi connectivity index (χ0) is 16.7. The van der Waals surface area contributed by atoms with Gasteiger partial charge in [0.05, 0.1) is 24.9 Å². The summed E-state index contributed by atoms with van der Waals surface area (Å²) in [5, 5.41) is 4.82. The lowest BCUT2D eigenvalue weighted by atomic mass is 9.92. The molecule has 1 aromatic rings. The van der Waals surface area contributed by atoms with E-state index in [0.717, 1.165) is 50.1 Å². The van der Waals surface area contributed by atoms with Crippen molar-refractivity contribution in [2.75, 3.05) is 26.3 Å². The molecule has 4 heteroatoms. The molecule has 1 saturated heterocycles. The van der Waals surface area contributed by atoms with Gasteiger partial charge < -0.3 is 4.74 Å². The molecule has 5 rings (SSSR count). The van der Waals surface area contributed by atoms with Crippen LogP contribution < -0.4 is 0 Å². The van der Waals surface area contributed by atoms with Gasteiger partial charge in [-0.25, -0.2) is 0 Å². The molecule has 2 heterocycles. The normalized spacial score (nSPS) is 35.8. The molecule has 0 radical (unpaired) electrons. The summed E-state index contributed by atoms with van der Waals surface area (Å²) in [6, 6.07) is 3.92. The van der Waals surface area contributed by atoms with Gasteiger partial charge in [0.25, 0.3) is 0 Å². The van der Waals surface area contributed by atoms with Crippen molar-refractivity contribution < 1.29 is 4.74 Å². The van der Waals surface area contributed by atoms with Crippen LogP contribution in [-0.2, 0) is 4.74 Å². The highest BCUT2D eigenvalue weighted by Gasteiger charge is 2.58. The van der Waals surface area contributed by atoms with Gasteiger partial charge in [-0.05, 0) is 56.9 Å². The zero-order valence-corrected chi connectivity index (χ0v) is 15.6. The van der Waals surface area contributed by atoms with Crippen LogP contribution in [-0.4, -0.2) is 47.0 Å². The Bertz CT molecular complexity index is 547. The fourth-order valence-electron chi connectivity index (χ4n) is 5.20. The minimum absolute atomic E-state index is 0.708. The van der Waals surface area contributed by atoms with Gasteiger partial charge in [-0.15, -0.1) is 0 Å². The SMILES string of the molecule is CC.Cc1cc(C2[C@H]3CC(N4CCOCC4)C[C@@H]23)n(C2CCC2)n1. The Morgan fingerprint density at radius 1 is 1.04 bits per heavy atom. The van der Waals surface area contributed by atoms with Gasteiger partial charge >= 0.3 is 0 Å². The lowest BCUT2D eigenvalue weighted by Gasteiger charge is -2.33. The molecule has 3 aliphatic carbocycles. The third kappa shape index (κ3) is 2.82.